The maximum absolute atomic E-state index is 8.53. The third-order valence-electron chi connectivity index (χ3n) is 0.692. The molecule has 0 atom stereocenters. The topological polar surface area (TPSA) is 38.7 Å². The van der Waals surface area contributed by atoms with Gasteiger partial charge in [-0.15, -0.1) is 0 Å². The average Bonchev–Trinajstić information content (AvgIpc) is 1.91. The van der Waals surface area contributed by atoms with Crippen molar-refractivity contribution in [3.05, 3.63) is 0 Å². The van der Waals surface area contributed by atoms with Crippen LogP contribution in [0.2, 0.25) is 0 Å². The molecule has 0 amide bonds. The van der Waals surface area contributed by atoms with E-state index in [4.69, 9.17) is 4.89 Å². The van der Waals surface area contributed by atoms with Crippen molar-refractivity contribution in [2.45, 2.75) is 26.7 Å². The summed E-state index contributed by atoms with van der Waals surface area (Å²) in [4.78, 5) is 8.53. The summed E-state index contributed by atoms with van der Waals surface area (Å²) in [5, 5.41) is 0. The highest BCUT2D eigenvalue weighted by Gasteiger charge is 2.10. The molecule has 0 aromatic carbocycles. The molecule has 0 aromatic rings. The maximum Gasteiger partial charge on any atom is 0.329 e. The fraction of sp³-hybridized carbons (Fsp3) is 1.00. The summed E-state index contributed by atoms with van der Waals surface area (Å²) in [6.07, 6.45) is 2.15. The Bertz CT molecular complexity index is 64.0. The molecule has 0 bridgehead atoms. The molecule has 4 heteroatoms. The van der Waals surface area contributed by atoms with Gasteiger partial charge < -0.3 is 13.9 Å². The van der Waals surface area contributed by atoms with Gasteiger partial charge in [0.15, 0.2) is 0 Å². The summed E-state index contributed by atoms with van der Waals surface area (Å²) >= 11 is 0. The van der Waals surface area contributed by atoms with Gasteiger partial charge in [-0.3, -0.25) is 0 Å². The molecular weight excluding hydrogens is 151 g/mol. The zero-order valence-electron chi connectivity index (χ0n) is 6.54. The van der Waals surface area contributed by atoms with Crippen LogP contribution >= 0.6 is 8.60 Å². The van der Waals surface area contributed by atoms with Crippen molar-refractivity contribution in [2.24, 2.45) is 0 Å². The molecular formula is C6H15O3P. The van der Waals surface area contributed by atoms with Gasteiger partial charge in [0.1, 0.15) is 0 Å². The Morgan fingerprint density at radius 3 is 1.90 bits per heavy atom. The SMILES string of the molecule is CCC.OP1OCCCO1. The van der Waals surface area contributed by atoms with Gasteiger partial charge in [-0.1, -0.05) is 20.3 Å². The van der Waals surface area contributed by atoms with Crippen LogP contribution in [0.4, 0.5) is 0 Å². The zero-order chi connectivity index (χ0) is 7.82. The van der Waals surface area contributed by atoms with Crippen molar-refractivity contribution in [3.63, 3.8) is 0 Å². The molecule has 0 saturated carbocycles. The van der Waals surface area contributed by atoms with Gasteiger partial charge in [0.2, 0.25) is 0 Å². The van der Waals surface area contributed by atoms with Crippen LogP contribution in [0.25, 0.3) is 0 Å². The first-order valence-corrected chi connectivity index (χ1v) is 4.69. The molecule has 1 saturated heterocycles. The number of rotatable bonds is 0. The van der Waals surface area contributed by atoms with Gasteiger partial charge in [-0.25, -0.2) is 0 Å². The van der Waals surface area contributed by atoms with E-state index in [1.165, 1.54) is 6.42 Å². The van der Waals surface area contributed by atoms with Crippen LogP contribution in [0.5, 0.6) is 0 Å². The molecule has 1 N–H and O–H groups in total. The van der Waals surface area contributed by atoms with E-state index in [0.717, 1.165) is 6.42 Å². The summed E-state index contributed by atoms with van der Waals surface area (Å²) in [6, 6.07) is 0. The molecule has 1 fully saturated rings. The molecule has 1 aliphatic heterocycles. The normalized spacial score (nSPS) is 19.5. The molecule has 1 heterocycles. The summed E-state index contributed by atoms with van der Waals surface area (Å²) in [5.74, 6) is 0. The van der Waals surface area contributed by atoms with E-state index in [-0.39, 0.29) is 0 Å². The van der Waals surface area contributed by atoms with E-state index in [2.05, 4.69) is 22.9 Å². The first-order valence-electron chi connectivity index (χ1n) is 3.56. The van der Waals surface area contributed by atoms with Crippen LogP contribution in [-0.4, -0.2) is 18.1 Å². The van der Waals surface area contributed by atoms with Crippen LogP contribution in [0, 0.1) is 0 Å². The molecule has 1 aliphatic rings. The molecule has 62 valence electrons. The summed E-state index contributed by atoms with van der Waals surface area (Å²) < 4.78 is 9.35. The first-order chi connectivity index (χ1) is 4.81. The third kappa shape index (κ3) is 6.43. The standard InChI is InChI=1S/C3H7O3P.C3H8/c4-7-5-2-1-3-6-7;1-3-2/h4H,1-3H2;3H2,1-2H3. The van der Waals surface area contributed by atoms with Crippen molar-refractivity contribution in [3.8, 4) is 0 Å². The highest BCUT2D eigenvalue weighted by Crippen LogP contribution is 2.35. The zero-order valence-corrected chi connectivity index (χ0v) is 7.43. The summed E-state index contributed by atoms with van der Waals surface area (Å²) in [5.41, 5.74) is 0. The molecule has 1 rings (SSSR count). The Morgan fingerprint density at radius 2 is 1.70 bits per heavy atom. The van der Waals surface area contributed by atoms with Gasteiger partial charge in [0.25, 0.3) is 0 Å². The molecule has 0 radical (unpaired) electrons. The lowest BCUT2D eigenvalue weighted by atomic mass is 10.5. The first kappa shape index (κ1) is 10.3. The summed E-state index contributed by atoms with van der Waals surface area (Å²) in [6.45, 7) is 5.53. The third-order valence-corrected chi connectivity index (χ3v) is 1.50. The lowest BCUT2D eigenvalue weighted by Gasteiger charge is -2.14. The molecule has 0 aliphatic carbocycles. The van der Waals surface area contributed by atoms with Gasteiger partial charge in [-0.2, -0.15) is 0 Å². The molecule has 0 unspecified atom stereocenters. The molecule has 0 aromatic heterocycles. The second-order valence-corrected chi connectivity index (χ2v) is 2.96. The van der Waals surface area contributed by atoms with Crippen molar-refractivity contribution in [1.29, 1.82) is 0 Å². The van der Waals surface area contributed by atoms with E-state index in [9.17, 15) is 0 Å². The van der Waals surface area contributed by atoms with Crippen molar-refractivity contribution in [2.75, 3.05) is 13.2 Å². The maximum atomic E-state index is 8.53. The quantitative estimate of drug-likeness (QED) is 0.560. The van der Waals surface area contributed by atoms with Gasteiger partial charge >= 0.3 is 8.60 Å². The van der Waals surface area contributed by atoms with Crippen molar-refractivity contribution < 1.29 is 13.9 Å². The minimum atomic E-state index is -1.49. The Hall–Kier alpha value is 0.310. The molecule has 0 spiro atoms. The van der Waals surface area contributed by atoms with Crippen LogP contribution in [0.15, 0.2) is 0 Å². The van der Waals surface area contributed by atoms with Gasteiger partial charge in [-0.05, 0) is 6.42 Å². The average molecular weight is 166 g/mol. The van der Waals surface area contributed by atoms with E-state index in [0.29, 0.717) is 13.2 Å². The van der Waals surface area contributed by atoms with Crippen LogP contribution in [0.3, 0.4) is 0 Å². The summed E-state index contributed by atoms with van der Waals surface area (Å²) in [7, 11) is -1.49. The molecule has 10 heavy (non-hydrogen) atoms. The van der Waals surface area contributed by atoms with Crippen LogP contribution in [0.1, 0.15) is 26.7 Å². The van der Waals surface area contributed by atoms with E-state index in [1.54, 1.807) is 0 Å². The Labute approximate surface area is 63.3 Å². The Morgan fingerprint density at radius 1 is 1.30 bits per heavy atom. The predicted octanol–water partition coefficient (Wildman–Crippen LogP) is 2.06. The monoisotopic (exact) mass is 166 g/mol. The van der Waals surface area contributed by atoms with Gasteiger partial charge in [0.05, 0.1) is 13.2 Å². The second-order valence-electron chi connectivity index (χ2n) is 1.96. The van der Waals surface area contributed by atoms with Crippen molar-refractivity contribution >= 4 is 8.60 Å². The van der Waals surface area contributed by atoms with Crippen LogP contribution in [-0.2, 0) is 9.05 Å². The van der Waals surface area contributed by atoms with E-state index < -0.39 is 8.60 Å². The second kappa shape index (κ2) is 7.42. The highest BCUT2D eigenvalue weighted by molar-refractivity contribution is 7.40. The van der Waals surface area contributed by atoms with Gasteiger partial charge in [0, 0.05) is 0 Å². The predicted molar refractivity (Wildman–Crippen MR) is 41.6 cm³/mol. The lowest BCUT2D eigenvalue weighted by Crippen LogP contribution is -2.03. The van der Waals surface area contributed by atoms with E-state index >= 15 is 0 Å². The fourth-order valence-corrected chi connectivity index (χ4v) is 1.03. The smallest absolute Gasteiger partial charge is 0.328 e. The largest absolute Gasteiger partial charge is 0.329 e. The Balaban J connectivity index is 0.000000236. The van der Waals surface area contributed by atoms with E-state index in [1.807, 2.05) is 0 Å². The molecule has 3 nitrogen and oxygen atoms in total. The Kier molecular flexibility index (Phi) is 7.65. The number of hydrogen-bond donors (Lipinski definition) is 1. The number of hydrogen-bond acceptors (Lipinski definition) is 3. The van der Waals surface area contributed by atoms with Crippen LogP contribution < -0.4 is 0 Å². The minimum Gasteiger partial charge on any atom is -0.328 e. The fourth-order valence-electron chi connectivity index (χ4n) is 0.381. The minimum absolute atomic E-state index is 0.641. The van der Waals surface area contributed by atoms with Crippen molar-refractivity contribution in [1.82, 2.24) is 0 Å². The highest BCUT2D eigenvalue weighted by atomic mass is 31.2. The lowest BCUT2D eigenvalue weighted by molar-refractivity contribution is 0.143.